The third kappa shape index (κ3) is 4.35. The number of hydrogen-bond acceptors (Lipinski definition) is 1. The molecule has 0 radical (unpaired) electrons. The van der Waals surface area contributed by atoms with Crippen LogP contribution in [-0.4, -0.2) is 0 Å². The van der Waals surface area contributed by atoms with Crippen LogP contribution in [0.3, 0.4) is 0 Å². The Balaban J connectivity index is 1.32. The molecule has 1 aromatic heterocycles. The largest absolute Gasteiger partial charge is 0.456 e. The number of hydrogen-bond donors (Lipinski definition) is 0. The van der Waals surface area contributed by atoms with Crippen LogP contribution in [0.2, 0.25) is 0 Å². The first kappa shape index (κ1) is 12.0. The van der Waals surface area contributed by atoms with E-state index >= 15 is 0 Å². The molecular formula is C50H30O. The maximum Gasteiger partial charge on any atom is 0.136 e. The van der Waals surface area contributed by atoms with Crippen molar-refractivity contribution in [3.05, 3.63) is 181 Å². The zero-order chi connectivity index (χ0) is 58.7. The molecule has 11 rings (SSSR count). The average molecular weight is 676 g/mol. The first-order valence-corrected chi connectivity index (χ1v) is 15.2. The Labute approximate surface area is 335 Å². The summed E-state index contributed by atoms with van der Waals surface area (Å²) in [6, 6.07) is -24.1. The van der Waals surface area contributed by atoms with E-state index in [9.17, 15) is 17.8 Å². The molecule has 51 heavy (non-hydrogen) atoms. The summed E-state index contributed by atoms with van der Waals surface area (Å²) in [6.45, 7) is 0. The second-order valence-electron chi connectivity index (χ2n) is 11.3. The van der Waals surface area contributed by atoms with E-state index in [1.165, 1.54) is 0 Å². The normalized spacial score (nSPS) is 19.9. The maximum atomic E-state index is 9.85. The predicted molar refractivity (Wildman–Crippen MR) is 218 cm³/mol. The van der Waals surface area contributed by atoms with Gasteiger partial charge in [0.25, 0.3) is 0 Å². The van der Waals surface area contributed by atoms with E-state index in [1.807, 2.05) is 0 Å². The highest BCUT2D eigenvalue weighted by Gasteiger charge is 2.18. The van der Waals surface area contributed by atoms with E-state index in [4.69, 9.17) is 26.3 Å². The lowest BCUT2D eigenvalue weighted by molar-refractivity contribution is 0.669. The molecule has 1 nitrogen and oxygen atoms in total. The Morgan fingerprint density at radius 1 is 0.294 bits per heavy atom. The van der Waals surface area contributed by atoms with Gasteiger partial charge in [-0.25, -0.2) is 0 Å². The number of fused-ring (bicyclic) bond motifs is 9. The van der Waals surface area contributed by atoms with Gasteiger partial charge in [0, 0.05) is 10.8 Å². The first-order chi connectivity index (χ1) is 37.4. The van der Waals surface area contributed by atoms with Gasteiger partial charge in [-0.05, 0) is 117 Å². The summed E-state index contributed by atoms with van der Waals surface area (Å²) in [6.07, 6.45) is 0. The molecule has 1 heterocycles. The predicted octanol–water partition coefficient (Wildman–Crippen LogP) is 14.4. The fourth-order valence-electron chi connectivity index (χ4n) is 6.28. The summed E-state index contributed by atoms with van der Waals surface area (Å²) in [5.41, 5.74) is -5.66. The van der Waals surface area contributed by atoms with E-state index < -0.39 is 268 Å². The Morgan fingerprint density at radius 3 is 1.53 bits per heavy atom. The van der Waals surface area contributed by atoms with Crippen LogP contribution >= 0.6 is 0 Å². The molecule has 0 atom stereocenters. The molecule has 1 heteroatoms. The van der Waals surface area contributed by atoms with Crippen molar-refractivity contribution in [2.45, 2.75) is 0 Å². The Morgan fingerprint density at radius 2 is 0.824 bits per heavy atom. The molecule has 0 N–H and O–H groups in total. The van der Waals surface area contributed by atoms with Crippen molar-refractivity contribution < 1.29 is 44.2 Å². The first-order valence-electron chi connectivity index (χ1n) is 29.7. The van der Waals surface area contributed by atoms with Crippen molar-refractivity contribution in [2.75, 3.05) is 0 Å². The molecule has 0 aliphatic heterocycles. The minimum atomic E-state index is -1.07. The van der Waals surface area contributed by atoms with Crippen molar-refractivity contribution in [1.29, 1.82) is 0 Å². The van der Waals surface area contributed by atoms with E-state index in [0.717, 1.165) is 6.07 Å². The minimum absolute atomic E-state index is 0.241. The maximum absolute atomic E-state index is 9.85. The van der Waals surface area contributed by atoms with Crippen LogP contribution in [0.5, 0.6) is 0 Å². The van der Waals surface area contributed by atoms with Gasteiger partial charge in [0.1, 0.15) is 11.2 Å². The van der Waals surface area contributed by atoms with E-state index in [0.29, 0.717) is 0 Å². The summed E-state index contributed by atoms with van der Waals surface area (Å²) in [5, 5.41) is -6.27. The van der Waals surface area contributed by atoms with Crippen LogP contribution in [0.25, 0.3) is 109 Å². The van der Waals surface area contributed by atoms with Gasteiger partial charge in [0.05, 0.1) is 39.8 Å². The summed E-state index contributed by atoms with van der Waals surface area (Å²) in [4.78, 5) is 0. The van der Waals surface area contributed by atoms with E-state index in [2.05, 4.69) is 0 Å². The standard InChI is InChI=1S/C50H30O/c1-2-11-35-30-48-46(28-34(35)10-1)45-29-38(24-26-47(45)51-48)50-43-15-7-5-13-41(43)49(42-14-6-8-16-44(42)50)33-20-17-31(18-21-33)36-23-25-40-37(27-36)22-19-32-9-3-4-12-39(32)40/h1-30H/i1D,2D,3D,4D,5D,6D,7D,8D,9D,10D,11D,12D,13D,14D,15D,16D,17D,18D,19D,20D,21D,22D,23D,24D,26D,27D,28D,29D,30D. The monoisotopic (exact) mass is 675 g/mol. The highest BCUT2D eigenvalue weighted by atomic mass is 16.3. The Hall–Kier alpha value is -6.70. The third-order valence-corrected chi connectivity index (χ3v) is 8.53. The van der Waals surface area contributed by atoms with E-state index in [1.54, 1.807) is 0 Å². The van der Waals surface area contributed by atoms with Crippen LogP contribution < -0.4 is 0 Å². The van der Waals surface area contributed by atoms with Crippen LogP contribution in [0.15, 0.2) is 186 Å². The van der Waals surface area contributed by atoms with Crippen molar-refractivity contribution in [3.63, 3.8) is 0 Å². The average Bonchev–Trinajstić information content (AvgIpc) is 4.02. The summed E-state index contributed by atoms with van der Waals surface area (Å²) >= 11 is 0. The van der Waals surface area contributed by atoms with Gasteiger partial charge in [-0.1, -0.05) is 151 Å². The smallest absolute Gasteiger partial charge is 0.136 e. The number of furan rings is 1. The van der Waals surface area contributed by atoms with Crippen LogP contribution in [0, 0.1) is 0 Å². The molecule has 0 fully saturated rings. The quantitative estimate of drug-likeness (QED) is 0.134. The third-order valence-electron chi connectivity index (χ3n) is 8.53. The molecule has 236 valence electrons. The topological polar surface area (TPSA) is 13.1 Å². The summed E-state index contributed by atoms with van der Waals surface area (Å²) < 4.78 is 268. The SMILES string of the molecule is [2H]c1cc2c(c([2H])c1-c1c([2H])c([2H])c(-c3c4c([2H])c([2H])c([2H])c([2H])c4c(-c4c([2H])c([2H])c5oc6c([2H])c7c([2H])c([2H])c([2H])c([2H])c7c([2H])c6c5c4[2H])c4c([2H])c([2H])c([2H])c([2H])c34)c([2H])c1[2H])c([2H])c([2H])c1c([2H])c([2H])c([2H])c([2H])c12. The second kappa shape index (κ2) is 10.9. The van der Waals surface area contributed by atoms with Gasteiger partial charge < -0.3 is 4.42 Å². The second-order valence-corrected chi connectivity index (χ2v) is 11.3. The molecule has 0 aliphatic rings. The molecule has 0 aliphatic carbocycles. The Kier molecular flexibility index (Phi) is 2.56. The molecular weight excluding hydrogens is 617 g/mol. The zero-order valence-corrected chi connectivity index (χ0v) is 25.5. The van der Waals surface area contributed by atoms with Gasteiger partial charge in [0.15, 0.2) is 0 Å². The lowest BCUT2D eigenvalue weighted by Crippen LogP contribution is -1.91. The van der Waals surface area contributed by atoms with Crippen molar-refractivity contribution in [1.82, 2.24) is 0 Å². The summed E-state index contributed by atoms with van der Waals surface area (Å²) in [7, 11) is 0. The van der Waals surface area contributed by atoms with Crippen molar-refractivity contribution >= 4 is 75.8 Å². The van der Waals surface area contributed by atoms with Gasteiger partial charge in [-0.2, -0.15) is 0 Å². The molecule has 0 saturated carbocycles. The number of benzene rings is 10. The van der Waals surface area contributed by atoms with Gasteiger partial charge in [0.2, 0.25) is 0 Å². The fraction of sp³-hybridized carbons (Fsp3) is 0. The number of rotatable bonds is 3. The highest BCUT2D eigenvalue weighted by molar-refractivity contribution is 6.22. The van der Waals surface area contributed by atoms with Crippen molar-refractivity contribution in [3.8, 4) is 33.4 Å². The molecule has 0 spiro atoms. The van der Waals surface area contributed by atoms with Gasteiger partial charge >= 0.3 is 0 Å². The Bertz CT molecular complexity index is 4760. The zero-order valence-electron chi connectivity index (χ0n) is 54.5. The van der Waals surface area contributed by atoms with Gasteiger partial charge in [-0.15, -0.1) is 0 Å². The molecule has 0 amide bonds. The highest BCUT2D eigenvalue weighted by Crippen LogP contribution is 2.45. The molecule has 0 saturated heterocycles. The molecule has 10 aromatic carbocycles. The summed E-state index contributed by atoms with van der Waals surface area (Å²) in [5.74, 6) is 0. The minimum Gasteiger partial charge on any atom is -0.456 e. The molecule has 0 unspecified atom stereocenters. The van der Waals surface area contributed by atoms with E-state index in [-0.39, 0.29) is 16.2 Å². The lowest BCUT2D eigenvalue weighted by atomic mass is 9.85. The van der Waals surface area contributed by atoms with Crippen LogP contribution in [0.4, 0.5) is 0 Å². The van der Waals surface area contributed by atoms with Crippen LogP contribution in [0.1, 0.15) is 39.8 Å². The van der Waals surface area contributed by atoms with Crippen molar-refractivity contribution in [2.24, 2.45) is 0 Å². The molecule has 0 bridgehead atoms. The molecule has 11 aromatic rings. The fourth-order valence-corrected chi connectivity index (χ4v) is 6.28. The van der Waals surface area contributed by atoms with Crippen LogP contribution in [-0.2, 0) is 0 Å². The van der Waals surface area contributed by atoms with Gasteiger partial charge in [-0.3, -0.25) is 0 Å². The lowest BCUT2D eigenvalue weighted by Gasteiger charge is -2.18.